The van der Waals surface area contributed by atoms with Crippen LogP contribution < -0.4 is 11.1 Å². The van der Waals surface area contributed by atoms with Crippen molar-refractivity contribution >= 4 is 11.8 Å². The number of aromatic nitrogens is 1. The summed E-state index contributed by atoms with van der Waals surface area (Å²) in [6.45, 7) is 2.76. The second kappa shape index (κ2) is 6.62. The van der Waals surface area contributed by atoms with Crippen LogP contribution >= 0.6 is 0 Å². The SMILES string of the molecule is CCCCCNC(=O)c1ccc(C(N)=O)nc1. The second-order valence-electron chi connectivity index (χ2n) is 3.76. The van der Waals surface area contributed by atoms with Crippen LogP contribution in [0.3, 0.4) is 0 Å². The van der Waals surface area contributed by atoms with E-state index in [0.717, 1.165) is 19.3 Å². The Morgan fingerprint density at radius 2 is 2.12 bits per heavy atom. The highest BCUT2D eigenvalue weighted by molar-refractivity contribution is 5.95. The van der Waals surface area contributed by atoms with Gasteiger partial charge in [0.25, 0.3) is 11.8 Å². The normalized spacial score (nSPS) is 9.94. The van der Waals surface area contributed by atoms with Crippen LogP contribution in [0.5, 0.6) is 0 Å². The summed E-state index contributed by atoms with van der Waals surface area (Å²) in [5, 5.41) is 2.79. The number of nitrogens with one attached hydrogen (secondary N) is 1. The fraction of sp³-hybridized carbons (Fsp3) is 0.417. The van der Waals surface area contributed by atoms with Crippen LogP contribution in [0.4, 0.5) is 0 Å². The van der Waals surface area contributed by atoms with E-state index in [1.165, 1.54) is 12.3 Å². The number of nitrogens with zero attached hydrogens (tertiary/aromatic N) is 1. The van der Waals surface area contributed by atoms with E-state index < -0.39 is 5.91 Å². The minimum absolute atomic E-state index is 0.160. The highest BCUT2D eigenvalue weighted by atomic mass is 16.2. The molecule has 1 aromatic rings. The molecular weight excluding hydrogens is 218 g/mol. The van der Waals surface area contributed by atoms with Gasteiger partial charge < -0.3 is 11.1 Å². The zero-order chi connectivity index (χ0) is 12.7. The average Bonchev–Trinajstić information content (AvgIpc) is 2.34. The number of unbranched alkanes of at least 4 members (excludes halogenated alkanes) is 2. The largest absolute Gasteiger partial charge is 0.364 e. The zero-order valence-corrected chi connectivity index (χ0v) is 9.90. The van der Waals surface area contributed by atoms with Crippen LogP contribution in [0.15, 0.2) is 18.3 Å². The van der Waals surface area contributed by atoms with Gasteiger partial charge in [0.05, 0.1) is 5.56 Å². The number of rotatable bonds is 6. The van der Waals surface area contributed by atoms with E-state index >= 15 is 0 Å². The minimum atomic E-state index is -0.597. The summed E-state index contributed by atoms with van der Waals surface area (Å²) in [7, 11) is 0. The number of carbonyl (C=O) groups excluding carboxylic acids is 2. The molecule has 5 heteroatoms. The molecule has 2 amide bonds. The lowest BCUT2D eigenvalue weighted by atomic mass is 10.2. The Morgan fingerprint density at radius 3 is 2.65 bits per heavy atom. The Hall–Kier alpha value is -1.91. The molecule has 1 heterocycles. The Kier molecular flexibility index (Phi) is 5.13. The van der Waals surface area contributed by atoms with Crippen LogP contribution in [0.1, 0.15) is 47.0 Å². The highest BCUT2D eigenvalue weighted by Gasteiger charge is 2.07. The van der Waals surface area contributed by atoms with Crippen molar-refractivity contribution in [3.63, 3.8) is 0 Å². The van der Waals surface area contributed by atoms with Crippen molar-refractivity contribution in [2.24, 2.45) is 5.73 Å². The fourth-order valence-corrected chi connectivity index (χ4v) is 1.35. The summed E-state index contributed by atoms with van der Waals surface area (Å²) in [6.07, 6.45) is 4.54. The predicted octanol–water partition coefficient (Wildman–Crippen LogP) is 1.10. The van der Waals surface area contributed by atoms with Gasteiger partial charge in [-0.1, -0.05) is 19.8 Å². The molecule has 0 saturated carbocycles. The number of amides is 2. The molecule has 0 aliphatic carbocycles. The fourth-order valence-electron chi connectivity index (χ4n) is 1.35. The van der Waals surface area contributed by atoms with E-state index in [1.807, 2.05) is 0 Å². The average molecular weight is 235 g/mol. The molecule has 92 valence electrons. The maximum atomic E-state index is 11.6. The first-order valence-corrected chi connectivity index (χ1v) is 5.69. The Morgan fingerprint density at radius 1 is 1.35 bits per heavy atom. The monoisotopic (exact) mass is 235 g/mol. The van der Waals surface area contributed by atoms with Crippen LogP contribution in [0.25, 0.3) is 0 Å². The Bertz CT molecular complexity index is 387. The molecule has 17 heavy (non-hydrogen) atoms. The molecular formula is C12H17N3O2. The quantitative estimate of drug-likeness (QED) is 0.724. The number of hydrogen-bond donors (Lipinski definition) is 2. The Balaban J connectivity index is 2.49. The summed E-state index contributed by atoms with van der Waals surface area (Å²) in [5.74, 6) is -0.774. The predicted molar refractivity (Wildman–Crippen MR) is 64.6 cm³/mol. The van der Waals surface area contributed by atoms with E-state index in [-0.39, 0.29) is 11.6 Å². The van der Waals surface area contributed by atoms with Crippen LogP contribution in [0.2, 0.25) is 0 Å². The maximum Gasteiger partial charge on any atom is 0.267 e. The number of carbonyl (C=O) groups is 2. The summed E-state index contributed by atoms with van der Waals surface area (Å²) in [4.78, 5) is 26.2. The third kappa shape index (κ3) is 4.22. The third-order valence-electron chi connectivity index (χ3n) is 2.34. The van der Waals surface area contributed by atoms with E-state index in [0.29, 0.717) is 12.1 Å². The van der Waals surface area contributed by atoms with Crippen LogP contribution in [-0.2, 0) is 0 Å². The van der Waals surface area contributed by atoms with E-state index in [1.54, 1.807) is 6.07 Å². The molecule has 0 saturated heterocycles. The molecule has 0 aliphatic rings. The molecule has 0 bridgehead atoms. The lowest BCUT2D eigenvalue weighted by Crippen LogP contribution is -2.24. The topological polar surface area (TPSA) is 85.1 Å². The van der Waals surface area contributed by atoms with Crippen molar-refractivity contribution < 1.29 is 9.59 Å². The summed E-state index contributed by atoms with van der Waals surface area (Å²) >= 11 is 0. The first-order chi connectivity index (χ1) is 8.15. The lowest BCUT2D eigenvalue weighted by molar-refractivity contribution is 0.0949. The molecule has 1 aromatic heterocycles. The molecule has 0 radical (unpaired) electrons. The van der Waals surface area contributed by atoms with E-state index in [9.17, 15) is 9.59 Å². The molecule has 0 spiro atoms. The molecule has 3 N–H and O–H groups in total. The zero-order valence-electron chi connectivity index (χ0n) is 9.90. The van der Waals surface area contributed by atoms with Crippen LogP contribution in [0, 0.1) is 0 Å². The van der Waals surface area contributed by atoms with Crippen molar-refractivity contribution in [1.82, 2.24) is 10.3 Å². The lowest BCUT2D eigenvalue weighted by Gasteiger charge is -2.04. The molecule has 0 fully saturated rings. The van der Waals surface area contributed by atoms with Gasteiger partial charge in [-0.15, -0.1) is 0 Å². The number of nitrogens with two attached hydrogens (primary N) is 1. The highest BCUT2D eigenvalue weighted by Crippen LogP contribution is 2.00. The van der Waals surface area contributed by atoms with Gasteiger partial charge in [0.2, 0.25) is 0 Å². The molecule has 5 nitrogen and oxygen atoms in total. The molecule has 0 unspecified atom stereocenters. The van der Waals surface area contributed by atoms with Gasteiger partial charge >= 0.3 is 0 Å². The summed E-state index contributed by atoms with van der Waals surface area (Å²) < 4.78 is 0. The second-order valence-corrected chi connectivity index (χ2v) is 3.76. The standard InChI is InChI=1S/C12H17N3O2/c1-2-3-4-7-14-12(17)9-5-6-10(11(13)16)15-8-9/h5-6,8H,2-4,7H2,1H3,(H2,13,16)(H,14,17). The van der Waals surface area contributed by atoms with E-state index in [4.69, 9.17) is 5.73 Å². The number of hydrogen-bond acceptors (Lipinski definition) is 3. The number of primary amides is 1. The van der Waals surface area contributed by atoms with Gasteiger partial charge in [-0.25, -0.2) is 0 Å². The van der Waals surface area contributed by atoms with Crippen molar-refractivity contribution in [1.29, 1.82) is 0 Å². The van der Waals surface area contributed by atoms with Gasteiger partial charge in [0, 0.05) is 12.7 Å². The molecule has 0 aliphatic heterocycles. The van der Waals surface area contributed by atoms with Gasteiger partial charge in [0.15, 0.2) is 0 Å². The van der Waals surface area contributed by atoms with Crippen molar-refractivity contribution in [2.45, 2.75) is 26.2 Å². The first-order valence-electron chi connectivity index (χ1n) is 5.69. The van der Waals surface area contributed by atoms with Gasteiger partial charge in [0.1, 0.15) is 5.69 Å². The summed E-state index contributed by atoms with van der Waals surface area (Å²) in [5.41, 5.74) is 5.65. The number of pyridine rings is 1. The third-order valence-corrected chi connectivity index (χ3v) is 2.34. The molecule has 1 rings (SSSR count). The molecule has 0 atom stereocenters. The Labute approximate surface area is 100 Å². The smallest absolute Gasteiger partial charge is 0.267 e. The van der Waals surface area contributed by atoms with Crippen molar-refractivity contribution in [2.75, 3.05) is 6.54 Å². The maximum absolute atomic E-state index is 11.6. The van der Waals surface area contributed by atoms with Crippen molar-refractivity contribution in [3.05, 3.63) is 29.6 Å². The molecule has 0 aromatic carbocycles. The minimum Gasteiger partial charge on any atom is -0.364 e. The summed E-state index contributed by atoms with van der Waals surface area (Å²) in [6, 6.07) is 2.99. The van der Waals surface area contributed by atoms with Crippen LogP contribution in [-0.4, -0.2) is 23.3 Å². The van der Waals surface area contributed by atoms with E-state index in [2.05, 4.69) is 17.2 Å². The van der Waals surface area contributed by atoms with Gasteiger partial charge in [-0.05, 0) is 18.6 Å². The first kappa shape index (κ1) is 13.2. The van der Waals surface area contributed by atoms with Gasteiger partial charge in [-0.3, -0.25) is 14.6 Å². The van der Waals surface area contributed by atoms with Crippen molar-refractivity contribution in [3.8, 4) is 0 Å². The van der Waals surface area contributed by atoms with Gasteiger partial charge in [-0.2, -0.15) is 0 Å².